The molecule has 0 unspecified atom stereocenters. The Bertz CT molecular complexity index is 754. The largest absolute Gasteiger partial charge is 0.507 e. The molecule has 21 heavy (non-hydrogen) atoms. The number of hydrogen-bond donors (Lipinski definition) is 2. The number of halogens is 2. The molecule has 0 fully saturated rings. The molecule has 0 saturated carbocycles. The summed E-state index contributed by atoms with van der Waals surface area (Å²) in [6, 6.07) is 8.78. The first-order valence-electron chi connectivity index (χ1n) is 5.86. The van der Waals surface area contributed by atoms with Crippen molar-refractivity contribution in [2.45, 2.75) is 0 Å². The van der Waals surface area contributed by atoms with Crippen LogP contribution in [0.25, 0.3) is 22.8 Å². The second-order valence-corrected chi connectivity index (χ2v) is 5.42. The monoisotopic (exact) mass is 398 g/mol. The van der Waals surface area contributed by atoms with Crippen LogP contribution in [0.5, 0.6) is 11.5 Å². The third-order valence-electron chi connectivity index (χ3n) is 2.82. The van der Waals surface area contributed by atoms with Crippen LogP contribution in [0.1, 0.15) is 0 Å². The highest BCUT2D eigenvalue weighted by atomic mass is 127. The molecule has 2 N–H and O–H groups in total. The number of phenolic OH excluding ortho intramolecular Hbond substituents is 2. The number of aromatic nitrogens is 2. The summed E-state index contributed by atoms with van der Waals surface area (Å²) in [4.78, 5) is 4.15. The Balaban J connectivity index is 1.99. The van der Waals surface area contributed by atoms with E-state index in [-0.39, 0.29) is 17.5 Å². The maximum absolute atomic E-state index is 13.3. The number of phenols is 2. The summed E-state index contributed by atoms with van der Waals surface area (Å²) in [5, 5.41) is 22.6. The lowest BCUT2D eigenvalue weighted by Crippen LogP contribution is -1.84. The van der Waals surface area contributed by atoms with Crippen LogP contribution in [-0.4, -0.2) is 20.4 Å². The summed E-state index contributed by atoms with van der Waals surface area (Å²) >= 11 is 2.00. The van der Waals surface area contributed by atoms with Gasteiger partial charge in [-0.2, -0.15) is 4.98 Å². The Hall–Kier alpha value is -2.16. The van der Waals surface area contributed by atoms with Crippen LogP contribution in [0, 0.1) is 9.39 Å². The van der Waals surface area contributed by atoms with Crippen LogP contribution >= 0.6 is 22.6 Å². The van der Waals surface area contributed by atoms with Crippen LogP contribution in [0.4, 0.5) is 4.39 Å². The summed E-state index contributed by atoms with van der Waals surface area (Å²) in [7, 11) is 0. The minimum atomic E-state index is -0.759. The molecule has 106 valence electrons. The van der Waals surface area contributed by atoms with E-state index in [1.165, 1.54) is 18.2 Å². The van der Waals surface area contributed by atoms with Crippen LogP contribution in [0.2, 0.25) is 0 Å². The predicted molar refractivity (Wildman–Crippen MR) is 81.2 cm³/mol. The molecular weight excluding hydrogens is 390 g/mol. The summed E-state index contributed by atoms with van der Waals surface area (Å²) in [5.74, 6) is -0.675. The smallest absolute Gasteiger partial charge is 0.258 e. The van der Waals surface area contributed by atoms with Crippen LogP contribution in [-0.2, 0) is 0 Å². The Labute approximate surface area is 132 Å². The van der Waals surface area contributed by atoms with Gasteiger partial charge in [-0.15, -0.1) is 0 Å². The van der Waals surface area contributed by atoms with Crippen molar-refractivity contribution in [1.82, 2.24) is 10.1 Å². The average molecular weight is 398 g/mol. The quantitative estimate of drug-likeness (QED) is 0.646. The molecule has 1 heterocycles. The summed E-state index contributed by atoms with van der Waals surface area (Å²) in [6.07, 6.45) is 0. The summed E-state index contributed by atoms with van der Waals surface area (Å²) in [5.41, 5.74) is 0.945. The Morgan fingerprint density at radius 2 is 1.76 bits per heavy atom. The molecule has 0 atom stereocenters. The normalized spacial score (nSPS) is 10.8. The lowest BCUT2D eigenvalue weighted by molar-refractivity contribution is 0.429. The van der Waals surface area contributed by atoms with Crippen molar-refractivity contribution in [3.63, 3.8) is 0 Å². The molecule has 0 saturated heterocycles. The zero-order valence-corrected chi connectivity index (χ0v) is 12.6. The predicted octanol–water partition coefficient (Wildman–Crippen LogP) is 3.56. The van der Waals surface area contributed by atoms with Crippen LogP contribution in [0.15, 0.2) is 40.9 Å². The second-order valence-electron chi connectivity index (χ2n) is 4.26. The third-order valence-corrected chi connectivity index (χ3v) is 3.74. The molecule has 0 aliphatic heterocycles. The molecule has 7 heteroatoms. The van der Waals surface area contributed by atoms with Gasteiger partial charge in [0.1, 0.15) is 5.75 Å². The molecule has 3 aromatic rings. The zero-order valence-electron chi connectivity index (χ0n) is 10.4. The van der Waals surface area contributed by atoms with Gasteiger partial charge in [0, 0.05) is 11.1 Å². The second kappa shape index (κ2) is 5.32. The molecule has 0 aliphatic rings. The van der Waals surface area contributed by atoms with Crippen molar-refractivity contribution >= 4 is 22.6 Å². The molecule has 2 aromatic carbocycles. The first kappa shape index (κ1) is 13.8. The van der Waals surface area contributed by atoms with Gasteiger partial charge in [-0.05, 0) is 59.0 Å². The van der Waals surface area contributed by atoms with Gasteiger partial charge in [0.2, 0.25) is 5.82 Å². The van der Waals surface area contributed by atoms with Gasteiger partial charge < -0.3 is 14.7 Å². The van der Waals surface area contributed by atoms with Gasteiger partial charge in [0.05, 0.1) is 3.57 Å². The van der Waals surface area contributed by atoms with Crippen molar-refractivity contribution in [2.24, 2.45) is 0 Å². The van der Waals surface area contributed by atoms with E-state index in [9.17, 15) is 9.50 Å². The average Bonchev–Trinajstić information content (AvgIpc) is 2.94. The first-order chi connectivity index (χ1) is 10.0. The van der Waals surface area contributed by atoms with Crippen molar-refractivity contribution in [2.75, 3.05) is 0 Å². The zero-order chi connectivity index (χ0) is 15.0. The van der Waals surface area contributed by atoms with Gasteiger partial charge >= 0.3 is 0 Å². The molecule has 0 amide bonds. The van der Waals surface area contributed by atoms with E-state index < -0.39 is 11.6 Å². The molecular formula is C14H8FIN2O3. The van der Waals surface area contributed by atoms with Crippen molar-refractivity contribution in [1.29, 1.82) is 0 Å². The fourth-order valence-corrected chi connectivity index (χ4v) is 2.09. The fourth-order valence-electron chi connectivity index (χ4n) is 1.75. The van der Waals surface area contributed by atoms with E-state index in [4.69, 9.17) is 9.63 Å². The minimum Gasteiger partial charge on any atom is -0.507 e. The molecule has 0 aliphatic carbocycles. The van der Waals surface area contributed by atoms with E-state index in [1.54, 1.807) is 12.1 Å². The number of benzene rings is 2. The highest BCUT2D eigenvalue weighted by molar-refractivity contribution is 14.1. The van der Waals surface area contributed by atoms with E-state index in [0.29, 0.717) is 14.7 Å². The SMILES string of the molecule is Oc1ccc(-c2noc(-c3ccc(I)c(O)c3)n2)cc1F. The number of nitrogens with zero attached hydrogens (tertiary/aromatic N) is 2. The van der Waals surface area contributed by atoms with E-state index >= 15 is 0 Å². The maximum Gasteiger partial charge on any atom is 0.258 e. The van der Waals surface area contributed by atoms with Crippen molar-refractivity contribution in [3.8, 4) is 34.3 Å². The van der Waals surface area contributed by atoms with Crippen LogP contribution < -0.4 is 0 Å². The first-order valence-corrected chi connectivity index (χ1v) is 6.94. The fraction of sp³-hybridized carbons (Fsp3) is 0. The van der Waals surface area contributed by atoms with Crippen molar-refractivity contribution in [3.05, 3.63) is 45.8 Å². The third kappa shape index (κ3) is 2.68. The lowest BCUT2D eigenvalue weighted by atomic mass is 10.2. The Morgan fingerprint density at radius 1 is 1.00 bits per heavy atom. The van der Waals surface area contributed by atoms with Gasteiger partial charge in [0.25, 0.3) is 5.89 Å². The molecule has 1 aromatic heterocycles. The minimum absolute atomic E-state index is 0.114. The Morgan fingerprint density at radius 3 is 2.48 bits per heavy atom. The van der Waals surface area contributed by atoms with Gasteiger partial charge in [-0.1, -0.05) is 5.16 Å². The van der Waals surface area contributed by atoms with Gasteiger partial charge in [-0.25, -0.2) is 4.39 Å². The molecule has 0 radical (unpaired) electrons. The van der Waals surface area contributed by atoms with Crippen molar-refractivity contribution < 1.29 is 19.1 Å². The molecule has 0 spiro atoms. The Kier molecular flexibility index (Phi) is 3.50. The standard InChI is InChI=1S/C14H8FIN2O3/c15-9-5-7(2-4-11(9)19)13-17-14(21-18-13)8-1-3-10(16)12(20)6-8/h1-6,19-20H. The van der Waals surface area contributed by atoms with E-state index in [1.807, 2.05) is 22.6 Å². The maximum atomic E-state index is 13.3. The summed E-state index contributed by atoms with van der Waals surface area (Å²) < 4.78 is 19.1. The number of aromatic hydroxyl groups is 2. The molecule has 0 bridgehead atoms. The van der Waals surface area contributed by atoms with E-state index in [2.05, 4.69) is 10.1 Å². The summed E-state index contributed by atoms with van der Waals surface area (Å²) in [6.45, 7) is 0. The molecule has 3 rings (SSSR count). The van der Waals surface area contributed by atoms with Crippen LogP contribution in [0.3, 0.4) is 0 Å². The highest BCUT2D eigenvalue weighted by Gasteiger charge is 2.13. The van der Waals surface area contributed by atoms with Gasteiger partial charge in [0.15, 0.2) is 11.6 Å². The molecule has 5 nitrogen and oxygen atoms in total. The topological polar surface area (TPSA) is 79.4 Å². The number of hydrogen-bond acceptors (Lipinski definition) is 5. The lowest BCUT2D eigenvalue weighted by Gasteiger charge is -1.98. The number of rotatable bonds is 2. The van der Waals surface area contributed by atoms with E-state index in [0.717, 1.165) is 6.07 Å². The van der Waals surface area contributed by atoms with Gasteiger partial charge in [-0.3, -0.25) is 0 Å². The highest BCUT2D eigenvalue weighted by Crippen LogP contribution is 2.28.